The van der Waals surface area contributed by atoms with Crippen LogP contribution in [-0.4, -0.2) is 32.3 Å². The zero-order chi connectivity index (χ0) is 15.1. The fraction of sp³-hybridized carbons (Fsp3) is 0.471. The van der Waals surface area contributed by atoms with E-state index in [1.54, 1.807) is 12.1 Å². The maximum Gasteiger partial charge on any atom is 0.251 e. The molecule has 1 amide bonds. The molecule has 4 nitrogen and oxygen atoms in total. The average Bonchev–Trinajstić information content (AvgIpc) is 2.98. The SMILES string of the molecule is CC(C)=CCOc1cccc(C(=O)NCC2CCOC2)c1. The molecule has 1 N–H and O–H groups in total. The molecule has 1 aromatic carbocycles. The van der Waals surface area contributed by atoms with Crippen molar-refractivity contribution in [3.05, 3.63) is 41.5 Å². The molecule has 4 heteroatoms. The molecule has 0 aliphatic carbocycles. The second-order valence-electron chi connectivity index (χ2n) is 5.56. The molecule has 1 heterocycles. The van der Waals surface area contributed by atoms with E-state index in [1.807, 2.05) is 32.1 Å². The van der Waals surface area contributed by atoms with Crippen LogP contribution >= 0.6 is 0 Å². The lowest BCUT2D eigenvalue weighted by Gasteiger charge is -2.10. The fourth-order valence-electron chi connectivity index (χ4n) is 2.12. The van der Waals surface area contributed by atoms with Crippen molar-refractivity contribution < 1.29 is 14.3 Å². The van der Waals surface area contributed by atoms with Gasteiger partial charge in [-0.3, -0.25) is 4.79 Å². The summed E-state index contributed by atoms with van der Waals surface area (Å²) in [6.07, 6.45) is 3.03. The predicted octanol–water partition coefficient (Wildman–Crippen LogP) is 2.80. The van der Waals surface area contributed by atoms with E-state index >= 15 is 0 Å². The quantitative estimate of drug-likeness (QED) is 0.819. The first kappa shape index (κ1) is 15.6. The standard InChI is InChI=1S/C17H23NO3/c1-13(2)6-9-21-16-5-3-4-15(10-16)17(19)18-11-14-7-8-20-12-14/h3-6,10,14H,7-9,11-12H2,1-2H3,(H,18,19). The molecule has 1 aliphatic heterocycles. The van der Waals surface area contributed by atoms with E-state index in [0.29, 0.717) is 30.4 Å². The average molecular weight is 289 g/mol. The summed E-state index contributed by atoms with van der Waals surface area (Å²) in [5, 5.41) is 2.96. The lowest BCUT2D eigenvalue weighted by Crippen LogP contribution is -2.29. The summed E-state index contributed by atoms with van der Waals surface area (Å²) >= 11 is 0. The first-order chi connectivity index (χ1) is 10.1. The van der Waals surface area contributed by atoms with Gasteiger partial charge in [0.1, 0.15) is 12.4 Å². The Balaban J connectivity index is 1.86. The summed E-state index contributed by atoms with van der Waals surface area (Å²) in [5.41, 5.74) is 1.84. The highest BCUT2D eigenvalue weighted by atomic mass is 16.5. The minimum Gasteiger partial charge on any atom is -0.490 e. The van der Waals surface area contributed by atoms with Gasteiger partial charge in [-0.2, -0.15) is 0 Å². The van der Waals surface area contributed by atoms with Crippen LogP contribution in [0.3, 0.4) is 0 Å². The molecule has 1 aromatic rings. The van der Waals surface area contributed by atoms with Crippen LogP contribution in [0, 0.1) is 5.92 Å². The van der Waals surface area contributed by atoms with Crippen LogP contribution in [0.25, 0.3) is 0 Å². The van der Waals surface area contributed by atoms with Crippen LogP contribution in [0.1, 0.15) is 30.6 Å². The Labute approximate surface area is 126 Å². The monoisotopic (exact) mass is 289 g/mol. The van der Waals surface area contributed by atoms with E-state index in [1.165, 1.54) is 5.57 Å². The molecule has 1 saturated heterocycles. The van der Waals surface area contributed by atoms with Gasteiger partial charge in [0.05, 0.1) is 6.61 Å². The van der Waals surface area contributed by atoms with Crippen LogP contribution in [-0.2, 0) is 4.74 Å². The minimum atomic E-state index is -0.0606. The van der Waals surface area contributed by atoms with Crippen LogP contribution < -0.4 is 10.1 Å². The molecule has 0 aromatic heterocycles. The second-order valence-corrected chi connectivity index (χ2v) is 5.56. The van der Waals surface area contributed by atoms with Crippen molar-refractivity contribution >= 4 is 5.91 Å². The molecule has 0 bridgehead atoms. The first-order valence-corrected chi connectivity index (χ1v) is 7.37. The number of hydrogen-bond acceptors (Lipinski definition) is 3. The summed E-state index contributed by atoms with van der Waals surface area (Å²) < 4.78 is 10.9. The molecule has 114 valence electrons. The number of ether oxygens (including phenoxy) is 2. The third-order valence-corrected chi connectivity index (χ3v) is 3.41. The third kappa shape index (κ3) is 5.23. The van der Waals surface area contributed by atoms with Crippen LogP contribution in [0.2, 0.25) is 0 Å². The number of carbonyl (C=O) groups excluding carboxylic acids is 1. The molecule has 2 rings (SSSR count). The number of nitrogens with one attached hydrogen (secondary N) is 1. The largest absolute Gasteiger partial charge is 0.490 e. The first-order valence-electron chi connectivity index (χ1n) is 7.37. The molecule has 0 saturated carbocycles. The number of rotatable bonds is 6. The van der Waals surface area contributed by atoms with Crippen molar-refractivity contribution in [1.82, 2.24) is 5.32 Å². The third-order valence-electron chi connectivity index (χ3n) is 3.41. The Morgan fingerprint density at radius 1 is 1.48 bits per heavy atom. The van der Waals surface area contributed by atoms with Crippen LogP contribution in [0.15, 0.2) is 35.9 Å². The molecule has 1 aliphatic rings. The van der Waals surface area contributed by atoms with Crippen molar-refractivity contribution in [2.45, 2.75) is 20.3 Å². The van der Waals surface area contributed by atoms with Crippen LogP contribution in [0.5, 0.6) is 5.75 Å². The highest BCUT2D eigenvalue weighted by molar-refractivity contribution is 5.94. The maximum absolute atomic E-state index is 12.1. The van der Waals surface area contributed by atoms with E-state index in [-0.39, 0.29) is 5.91 Å². The Hall–Kier alpha value is -1.81. The number of carbonyl (C=O) groups is 1. The lowest BCUT2D eigenvalue weighted by molar-refractivity contribution is 0.0944. The van der Waals surface area contributed by atoms with Crippen molar-refractivity contribution in [1.29, 1.82) is 0 Å². The van der Waals surface area contributed by atoms with E-state index in [4.69, 9.17) is 9.47 Å². The molecular formula is C17H23NO3. The molecule has 0 spiro atoms. The Morgan fingerprint density at radius 2 is 2.33 bits per heavy atom. The maximum atomic E-state index is 12.1. The summed E-state index contributed by atoms with van der Waals surface area (Å²) in [6.45, 7) is 6.79. The van der Waals surface area contributed by atoms with Gasteiger partial charge < -0.3 is 14.8 Å². The smallest absolute Gasteiger partial charge is 0.251 e. The van der Waals surface area contributed by atoms with E-state index in [0.717, 1.165) is 19.6 Å². The zero-order valence-electron chi connectivity index (χ0n) is 12.7. The normalized spacial score (nSPS) is 17.3. The molecule has 1 atom stereocenters. The van der Waals surface area contributed by atoms with E-state index in [2.05, 4.69) is 5.32 Å². The number of benzene rings is 1. The summed E-state index contributed by atoms with van der Waals surface area (Å²) in [6, 6.07) is 7.28. The minimum absolute atomic E-state index is 0.0606. The van der Waals surface area contributed by atoms with Crippen LogP contribution in [0.4, 0.5) is 0 Å². The highest BCUT2D eigenvalue weighted by Gasteiger charge is 2.16. The van der Waals surface area contributed by atoms with E-state index in [9.17, 15) is 4.79 Å². The topological polar surface area (TPSA) is 47.6 Å². The number of allylic oxidation sites excluding steroid dienone is 1. The highest BCUT2D eigenvalue weighted by Crippen LogP contribution is 2.14. The molecule has 1 fully saturated rings. The molecule has 21 heavy (non-hydrogen) atoms. The number of amides is 1. The van der Waals surface area contributed by atoms with Crippen molar-refractivity contribution in [2.75, 3.05) is 26.4 Å². The Morgan fingerprint density at radius 3 is 3.05 bits per heavy atom. The summed E-state index contributed by atoms with van der Waals surface area (Å²) in [4.78, 5) is 12.1. The van der Waals surface area contributed by atoms with Crippen molar-refractivity contribution in [3.63, 3.8) is 0 Å². The summed E-state index contributed by atoms with van der Waals surface area (Å²) in [5.74, 6) is 1.09. The molecule has 1 unspecified atom stereocenters. The lowest BCUT2D eigenvalue weighted by atomic mass is 10.1. The summed E-state index contributed by atoms with van der Waals surface area (Å²) in [7, 11) is 0. The van der Waals surface area contributed by atoms with Gasteiger partial charge in [0.25, 0.3) is 5.91 Å². The van der Waals surface area contributed by atoms with Gasteiger partial charge in [-0.15, -0.1) is 0 Å². The second kappa shape index (κ2) is 7.84. The van der Waals surface area contributed by atoms with Gasteiger partial charge in [0.15, 0.2) is 0 Å². The molecule has 0 radical (unpaired) electrons. The number of hydrogen-bond donors (Lipinski definition) is 1. The molecular weight excluding hydrogens is 266 g/mol. The van der Waals surface area contributed by atoms with Gasteiger partial charge >= 0.3 is 0 Å². The van der Waals surface area contributed by atoms with Gasteiger partial charge in [-0.25, -0.2) is 0 Å². The Bertz CT molecular complexity index is 501. The van der Waals surface area contributed by atoms with Gasteiger partial charge in [-0.05, 0) is 44.5 Å². The Kier molecular flexibility index (Phi) is 5.81. The zero-order valence-corrected chi connectivity index (χ0v) is 12.7. The van der Waals surface area contributed by atoms with Crippen molar-refractivity contribution in [3.8, 4) is 5.75 Å². The van der Waals surface area contributed by atoms with Gasteiger partial charge in [0, 0.05) is 24.6 Å². The van der Waals surface area contributed by atoms with Gasteiger partial charge in [-0.1, -0.05) is 11.6 Å². The predicted molar refractivity (Wildman–Crippen MR) is 82.6 cm³/mol. The van der Waals surface area contributed by atoms with Gasteiger partial charge in [0.2, 0.25) is 0 Å². The van der Waals surface area contributed by atoms with E-state index < -0.39 is 0 Å². The fourth-order valence-corrected chi connectivity index (χ4v) is 2.12. The van der Waals surface area contributed by atoms with Crippen molar-refractivity contribution in [2.24, 2.45) is 5.92 Å².